The van der Waals surface area contributed by atoms with Gasteiger partial charge in [0.2, 0.25) is 15.9 Å². The first-order chi connectivity index (χ1) is 14.6. The van der Waals surface area contributed by atoms with Crippen LogP contribution >= 0.6 is 0 Å². The molecule has 2 amide bonds. The van der Waals surface area contributed by atoms with Crippen LogP contribution in [0.1, 0.15) is 18.9 Å². The van der Waals surface area contributed by atoms with Gasteiger partial charge in [-0.25, -0.2) is 13.6 Å². The smallest absolute Gasteiger partial charge is 0.312 e. The van der Waals surface area contributed by atoms with Gasteiger partial charge < -0.3 is 15.0 Å². The summed E-state index contributed by atoms with van der Waals surface area (Å²) in [5.74, 6) is -1.98. The van der Waals surface area contributed by atoms with Crippen LogP contribution in [0.15, 0.2) is 59.5 Å². The summed E-state index contributed by atoms with van der Waals surface area (Å²) in [4.78, 5) is 38.5. The first-order valence-corrected chi connectivity index (χ1v) is 11.1. The Morgan fingerprint density at radius 2 is 1.81 bits per heavy atom. The number of ether oxygens (including phenoxy) is 1. The van der Waals surface area contributed by atoms with Gasteiger partial charge in [-0.2, -0.15) is 0 Å². The molecule has 1 saturated heterocycles. The third-order valence-electron chi connectivity index (χ3n) is 4.88. The van der Waals surface area contributed by atoms with Gasteiger partial charge in [0, 0.05) is 25.2 Å². The topological polar surface area (TPSA) is 136 Å². The second kappa shape index (κ2) is 9.27. The second-order valence-corrected chi connectivity index (χ2v) is 8.86. The van der Waals surface area contributed by atoms with Crippen LogP contribution in [0, 0.1) is 5.92 Å². The summed E-state index contributed by atoms with van der Waals surface area (Å²) in [7, 11) is -3.83. The number of carbonyl (C=O) groups is 3. The van der Waals surface area contributed by atoms with Crippen LogP contribution in [0.25, 0.3) is 0 Å². The number of nitrogens with one attached hydrogen (secondary N) is 1. The summed E-state index contributed by atoms with van der Waals surface area (Å²) in [6, 6.07) is 14.7. The Morgan fingerprint density at radius 1 is 1.16 bits per heavy atom. The van der Waals surface area contributed by atoms with Gasteiger partial charge in [-0.1, -0.05) is 30.3 Å². The van der Waals surface area contributed by atoms with Gasteiger partial charge in [0.05, 0.1) is 10.8 Å². The van der Waals surface area contributed by atoms with Crippen LogP contribution in [0.2, 0.25) is 0 Å². The zero-order valence-electron chi connectivity index (χ0n) is 16.9. The van der Waals surface area contributed by atoms with Crippen molar-refractivity contribution in [1.82, 2.24) is 4.90 Å². The van der Waals surface area contributed by atoms with E-state index >= 15 is 0 Å². The molecule has 0 unspecified atom stereocenters. The van der Waals surface area contributed by atoms with Crippen LogP contribution in [0.4, 0.5) is 5.69 Å². The average molecular weight is 445 g/mol. The number of hydrogen-bond donors (Lipinski definition) is 2. The van der Waals surface area contributed by atoms with Crippen LogP contribution in [0.5, 0.6) is 0 Å². The number of rotatable bonds is 7. The van der Waals surface area contributed by atoms with E-state index in [0.29, 0.717) is 12.2 Å². The lowest BCUT2D eigenvalue weighted by Gasteiger charge is -2.18. The van der Waals surface area contributed by atoms with E-state index in [2.05, 4.69) is 5.32 Å². The molecule has 0 aliphatic carbocycles. The molecule has 3 rings (SSSR count). The van der Waals surface area contributed by atoms with Crippen molar-refractivity contribution in [3.63, 3.8) is 0 Å². The fourth-order valence-corrected chi connectivity index (χ4v) is 3.70. The van der Waals surface area contributed by atoms with Crippen molar-refractivity contribution in [2.45, 2.75) is 30.9 Å². The van der Waals surface area contributed by atoms with Gasteiger partial charge in [0.1, 0.15) is 0 Å². The minimum atomic E-state index is -3.83. The number of amides is 2. The number of hydrogen-bond acceptors (Lipinski definition) is 6. The number of nitrogens with two attached hydrogens (primary N) is 1. The molecule has 0 aromatic heterocycles. The van der Waals surface area contributed by atoms with Gasteiger partial charge in [0.15, 0.2) is 6.10 Å². The molecule has 2 atom stereocenters. The summed E-state index contributed by atoms with van der Waals surface area (Å²) in [6.07, 6.45) is -1.06. The molecule has 0 bridgehead atoms. The van der Waals surface area contributed by atoms with Crippen LogP contribution in [-0.2, 0) is 35.7 Å². The predicted molar refractivity (Wildman–Crippen MR) is 112 cm³/mol. The SMILES string of the molecule is C[C@H](OC(=O)[C@H]1CC(=O)N(Cc2ccccc2)C1)C(=O)Nc1ccc(S(N)(=O)=O)cc1. The number of esters is 1. The molecule has 10 heteroatoms. The summed E-state index contributed by atoms with van der Waals surface area (Å²) >= 11 is 0. The van der Waals surface area contributed by atoms with E-state index in [9.17, 15) is 22.8 Å². The molecule has 2 aromatic carbocycles. The molecule has 0 radical (unpaired) electrons. The maximum absolute atomic E-state index is 12.4. The second-order valence-electron chi connectivity index (χ2n) is 7.30. The van der Waals surface area contributed by atoms with E-state index in [1.165, 1.54) is 31.2 Å². The van der Waals surface area contributed by atoms with E-state index < -0.39 is 33.9 Å². The lowest BCUT2D eigenvalue weighted by atomic mass is 10.1. The highest BCUT2D eigenvalue weighted by molar-refractivity contribution is 7.89. The third-order valence-corrected chi connectivity index (χ3v) is 5.81. The van der Waals surface area contributed by atoms with Gasteiger partial charge >= 0.3 is 5.97 Å². The van der Waals surface area contributed by atoms with Crippen molar-refractivity contribution in [3.8, 4) is 0 Å². The lowest BCUT2D eigenvalue weighted by molar-refractivity contribution is -0.157. The fraction of sp³-hybridized carbons (Fsp3) is 0.286. The van der Waals surface area contributed by atoms with E-state index in [-0.39, 0.29) is 23.8 Å². The number of nitrogens with zero attached hydrogens (tertiary/aromatic N) is 1. The number of benzene rings is 2. The molecule has 2 aromatic rings. The van der Waals surface area contributed by atoms with Crippen molar-refractivity contribution in [2.75, 3.05) is 11.9 Å². The Hall–Kier alpha value is -3.24. The maximum Gasteiger partial charge on any atom is 0.312 e. The number of primary sulfonamides is 1. The maximum atomic E-state index is 12.4. The Balaban J connectivity index is 1.52. The average Bonchev–Trinajstić information content (AvgIpc) is 3.09. The molecule has 0 saturated carbocycles. The van der Waals surface area contributed by atoms with Crippen molar-refractivity contribution >= 4 is 33.5 Å². The Morgan fingerprint density at radius 3 is 2.42 bits per heavy atom. The molecule has 3 N–H and O–H groups in total. The number of likely N-dealkylation sites (tertiary alicyclic amines) is 1. The minimum Gasteiger partial charge on any atom is -0.452 e. The van der Waals surface area contributed by atoms with E-state index in [1.807, 2.05) is 30.3 Å². The normalized spacial score (nSPS) is 17.3. The zero-order valence-corrected chi connectivity index (χ0v) is 17.7. The summed E-state index contributed by atoms with van der Waals surface area (Å²) < 4.78 is 27.8. The van der Waals surface area contributed by atoms with E-state index in [1.54, 1.807) is 4.90 Å². The third kappa shape index (κ3) is 5.89. The van der Waals surface area contributed by atoms with Crippen molar-refractivity contribution in [1.29, 1.82) is 0 Å². The molecule has 1 fully saturated rings. The molecule has 164 valence electrons. The number of sulfonamides is 1. The first kappa shape index (κ1) is 22.4. The van der Waals surface area contributed by atoms with Crippen molar-refractivity contribution in [3.05, 3.63) is 60.2 Å². The quantitative estimate of drug-likeness (QED) is 0.616. The molecule has 31 heavy (non-hydrogen) atoms. The predicted octanol–water partition coefficient (Wildman–Crippen LogP) is 1.25. The molecule has 0 spiro atoms. The minimum absolute atomic E-state index is 0.0367. The summed E-state index contributed by atoms with van der Waals surface area (Å²) in [5.41, 5.74) is 1.29. The summed E-state index contributed by atoms with van der Waals surface area (Å²) in [5, 5.41) is 7.57. The highest BCUT2D eigenvalue weighted by Gasteiger charge is 2.36. The zero-order chi connectivity index (χ0) is 22.6. The molecule has 9 nitrogen and oxygen atoms in total. The van der Waals surface area contributed by atoms with Gasteiger partial charge in [-0.3, -0.25) is 14.4 Å². The number of anilines is 1. The molecular formula is C21H23N3O6S. The molecule has 1 aliphatic rings. The molecule has 1 aliphatic heterocycles. The first-order valence-electron chi connectivity index (χ1n) is 9.59. The Labute approximate surface area is 180 Å². The Kier molecular flexibility index (Phi) is 6.71. The van der Waals surface area contributed by atoms with Crippen LogP contribution < -0.4 is 10.5 Å². The summed E-state index contributed by atoms with van der Waals surface area (Å²) in [6.45, 7) is 2.06. The highest BCUT2D eigenvalue weighted by Crippen LogP contribution is 2.22. The van der Waals surface area contributed by atoms with Crippen LogP contribution in [0.3, 0.4) is 0 Å². The van der Waals surface area contributed by atoms with Gasteiger partial charge in [-0.15, -0.1) is 0 Å². The molecular weight excluding hydrogens is 422 g/mol. The van der Waals surface area contributed by atoms with Crippen molar-refractivity contribution < 1.29 is 27.5 Å². The molecule has 1 heterocycles. The van der Waals surface area contributed by atoms with E-state index in [0.717, 1.165) is 5.56 Å². The lowest BCUT2D eigenvalue weighted by Crippen LogP contribution is -2.33. The van der Waals surface area contributed by atoms with Gasteiger partial charge in [-0.05, 0) is 36.8 Å². The largest absolute Gasteiger partial charge is 0.452 e. The standard InChI is InChI=1S/C21H23N3O6S/c1-14(20(26)23-17-7-9-18(10-8-17)31(22,28)29)30-21(27)16-11-19(25)24(13-16)12-15-5-3-2-4-6-15/h2-10,14,16H,11-13H2,1H3,(H,23,26)(H2,22,28,29)/t14-,16-/m0/s1. The number of carbonyl (C=O) groups excluding carboxylic acids is 3. The monoisotopic (exact) mass is 445 g/mol. The van der Waals surface area contributed by atoms with Gasteiger partial charge in [0.25, 0.3) is 5.91 Å². The van der Waals surface area contributed by atoms with Crippen LogP contribution in [-0.4, -0.2) is 43.8 Å². The van der Waals surface area contributed by atoms with Crippen molar-refractivity contribution in [2.24, 2.45) is 11.1 Å². The highest BCUT2D eigenvalue weighted by atomic mass is 32.2. The van der Waals surface area contributed by atoms with E-state index in [4.69, 9.17) is 9.88 Å². The Bertz CT molecular complexity index is 1070. The fourth-order valence-electron chi connectivity index (χ4n) is 3.18.